The van der Waals surface area contributed by atoms with E-state index in [2.05, 4.69) is 63.2 Å². The van der Waals surface area contributed by atoms with E-state index in [9.17, 15) is 0 Å². The maximum Gasteiger partial charge on any atom is 0.142 e. The Kier molecular flexibility index (Phi) is 4.02. The fourth-order valence-electron chi connectivity index (χ4n) is 1.69. The molecule has 0 unspecified atom stereocenters. The zero-order valence-corrected chi connectivity index (χ0v) is 11.2. The fourth-order valence-corrected chi connectivity index (χ4v) is 1.69. The van der Waals surface area contributed by atoms with E-state index in [1.807, 2.05) is 12.4 Å². The van der Waals surface area contributed by atoms with Gasteiger partial charge in [0.05, 0.1) is 0 Å². The lowest BCUT2D eigenvalue weighted by atomic mass is 10.2. The summed E-state index contributed by atoms with van der Waals surface area (Å²) in [6, 6.07) is 2.19. The third-order valence-corrected chi connectivity index (χ3v) is 3.14. The molecule has 16 heavy (non-hydrogen) atoms. The SMILES string of the molecule is Cc1cncc(C[N+](C)(N(C)C)N(C)C)c1. The van der Waals surface area contributed by atoms with E-state index in [1.54, 1.807) is 0 Å². The van der Waals surface area contributed by atoms with Gasteiger partial charge in [-0.25, -0.2) is 0 Å². The number of hydrogen-bond acceptors (Lipinski definition) is 3. The summed E-state index contributed by atoms with van der Waals surface area (Å²) in [6.45, 7) is 2.99. The Labute approximate surface area is 98.6 Å². The second-order valence-corrected chi connectivity index (χ2v) is 4.81. The molecule has 0 bridgehead atoms. The van der Waals surface area contributed by atoms with Crippen LogP contribution in [0, 0.1) is 6.92 Å². The second kappa shape index (κ2) is 4.91. The molecule has 0 fully saturated rings. The molecule has 0 aliphatic carbocycles. The number of pyridine rings is 1. The summed E-state index contributed by atoms with van der Waals surface area (Å²) in [5.41, 5.74) is 2.46. The van der Waals surface area contributed by atoms with Crippen LogP contribution in [0.5, 0.6) is 0 Å². The molecular formula is C12H23N4+. The Hall–Kier alpha value is -0.970. The van der Waals surface area contributed by atoms with E-state index >= 15 is 0 Å². The highest BCUT2D eigenvalue weighted by atomic mass is 15.9. The molecule has 0 aromatic carbocycles. The summed E-state index contributed by atoms with van der Waals surface area (Å²) >= 11 is 0. The van der Waals surface area contributed by atoms with Crippen molar-refractivity contribution in [2.24, 2.45) is 0 Å². The van der Waals surface area contributed by atoms with Gasteiger partial charge in [0, 0.05) is 46.1 Å². The monoisotopic (exact) mass is 223 g/mol. The quantitative estimate of drug-likeness (QED) is 0.566. The van der Waals surface area contributed by atoms with Crippen molar-refractivity contribution < 1.29 is 4.70 Å². The molecule has 1 rings (SSSR count). The molecule has 4 nitrogen and oxygen atoms in total. The van der Waals surface area contributed by atoms with Crippen LogP contribution in [0.1, 0.15) is 11.1 Å². The average molecular weight is 223 g/mol. The topological polar surface area (TPSA) is 19.4 Å². The summed E-state index contributed by atoms with van der Waals surface area (Å²) in [6.07, 6.45) is 3.83. The highest BCUT2D eigenvalue weighted by Gasteiger charge is 2.29. The Bertz CT molecular complexity index is 339. The maximum atomic E-state index is 4.24. The van der Waals surface area contributed by atoms with Gasteiger partial charge in [-0.05, 0) is 18.6 Å². The van der Waals surface area contributed by atoms with E-state index in [-0.39, 0.29) is 0 Å². The van der Waals surface area contributed by atoms with Crippen LogP contribution in [0.25, 0.3) is 0 Å². The molecule has 0 aliphatic rings. The zero-order valence-electron chi connectivity index (χ0n) is 11.2. The van der Waals surface area contributed by atoms with Crippen LogP contribution in [0.3, 0.4) is 0 Å². The third kappa shape index (κ3) is 2.78. The van der Waals surface area contributed by atoms with E-state index in [0.717, 1.165) is 11.2 Å². The van der Waals surface area contributed by atoms with E-state index in [4.69, 9.17) is 0 Å². The van der Waals surface area contributed by atoms with E-state index in [0.29, 0.717) is 0 Å². The molecule has 0 saturated heterocycles. The summed E-state index contributed by atoms with van der Waals surface area (Å²) < 4.78 is 0.727. The lowest BCUT2D eigenvalue weighted by Gasteiger charge is -2.42. The number of hydrogen-bond donors (Lipinski definition) is 0. The van der Waals surface area contributed by atoms with E-state index < -0.39 is 0 Å². The van der Waals surface area contributed by atoms with Gasteiger partial charge in [-0.1, -0.05) is 0 Å². The summed E-state index contributed by atoms with van der Waals surface area (Å²) in [7, 11) is 10.5. The third-order valence-electron chi connectivity index (χ3n) is 3.14. The van der Waals surface area contributed by atoms with Crippen LogP contribution in [0.4, 0.5) is 0 Å². The van der Waals surface area contributed by atoms with Crippen molar-refractivity contribution in [3.05, 3.63) is 29.6 Å². The van der Waals surface area contributed by atoms with Crippen molar-refractivity contribution in [3.63, 3.8) is 0 Å². The van der Waals surface area contributed by atoms with Gasteiger partial charge in [0.15, 0.2) is 0 Å². The first-order valence-electron chi connectivity index (χ1n) is 5.48. The van der Waals surface area contributed by atoms with Crippen LogP contribution < -0.4 is 0 Å². The Morgan fingerprint density at radius 1 is 1.12 bits per heavy atom. The van der Waals surface area contributed by atoms with Crippen LogP contribution in [0.2, 0.25) is 0 Å². The average Bonchev–Trinajstić information content (AvgIpc) is 2.16. The Balaban J connectivity index is 2.93. The number of quaternary nitrogens is 1. The molecule has 0 aliphatic heterocycles. The number of nitrogens with zero attached hydrogens (tertiary/aromatic N) is 4. The Morgan fingerprint density at radius 2 is 1.69 bits per heavy atom. The largest absolute Gasteiger partial charge is 0.264 e. The molecular weight excluding hydrogens is 200 g/mol. The summed E-state index contributed by atoms with van der Waals surface area (Å²) in [5.74, 6) is 0. The molecule has 0 N–H and O–H groups in total. The highest BCUT2D eigenvalue weighted by Crippen LogP contribution is 2.15. The summed E-state index contributed by atoms with van der Waals surface area (Å²) in [4.78, 5) is 4.24. The van der Waals surface area contributed by atoms with Crippen molar-refractivity contribution in [1.82, 2.24) is 15.0 Å². The first-order chi connectivity index (χ1) is 7.36. The summed E-state index contributed by atoms with van der Waals surface area (Å²) in [5, 5.41) is 4.37. The van der Waals surface area contributed by atoms with Crippen LogP contribution >= 0.6 is 0 Å². The van der Waals surface area contributed by atoms with Gasteiger partial charge >= 0.3 is 0 Å². The molecule has 0 radical (unpaired) electrons. The molecule has 90 valence electrons. The molecule has 1 heterocycles. The molecule has 4 heteroatoms. The lowest BCUT2D eigenvalue weighted by Crippen LogP contribution is -2.61. The second-order valence-electron chi connectivity index (χ2n) is 4.81. The molecule has 1 aromatic rings. The predicted molar refractivity (Wildman–Crippen MR) is 66.2 cm³/mol. The van der Waals surface area contributed by atoms with Gasteiger partial charge in [0.1, 0.15) is 13.6 Å². The highest BCUT2D eigenvalue weighted by molar-refractivity contribution is 5.15. The molecule has 0 spiro atoms. The minimum absolute atomic E-state index is 0.727. The number of aromatic nitrogens is 1. The Morgan fingerprint density at radius 3 is 2.12 bits per heavy atom. The van der Waals surface area contributed by atoms with Gasteiger partial charge in [-0.2, -0.15) is 4.70 Å². The first kappa shape index (κ1) is 13.1. The minimum Gasteiger partial charge on any atom is -0.264 e. The van der Waals surface area contributed by atoms with E-state index in [1.165, 1.54) is 11.1 Å². The van der Waals surface area contributed by atoms with Crippen molar-refractivity contribution in [2.75, 3.05) is 35.2 Å². The predicted octanol–water partition coefficient (Wildman–Crippen LogP) is 1.29. The maximum absolute atomic E-state index is 4.24. The lowest BCUT2D eigenvalue weighted by molar-refractivity contribution is -1.11. The first-order valence-corrected chi connectivity index (χ1v) is 5.48. The van der Waals surface area contributed by atoms with Crippen molar-refractivity contribution in [3.8, 4) is 0 Å². The van der Waals surface area contributed by atoms with Gasteiger partial charge in [-0.3, -0.25) is 4.98 Å². The van der Waals surface area contributed by atoms with Gasteiger partial charge in [0.2, 0.25) is 0 Å². The molecule has 0 amide bonds. The van der Waals surface area contributed by atoms with Crippen LogP contribution in [-0.2, 0) is 6.54 Å². The van der Waals surface area contributed by atoms with Gasteiger partial charge in [-0.15, -0.1) is 10.0 Å². The minimum atomic E-state index is 0.727. The smallest absolute Gasteiger partial charge is 0.142 e. The molecule has 0 saturated carbocycles. The van der Waals surface area contributed by atoms with Crippen molar-refractivity contribution in [1.29, 1.82) is 0 Å². The molecule has 1 aromatic heterocycles. The number of rotatable bonds is 4. The van der Waals surface area contributed by atoms with Gasteiger partial charge < -0.3 is 0 Å². The normalized spacial score (nSPS) is 12.5. The fraction of sp³-hybridized carbons (Fsp3) is 0.583. The molecule has 0 atom stereocenters. The van der Waals surface area contributed by atoms with Crippen LogP contribution in [-0.4, -0.2) is 54.9 Å². The standard InChI is InChI=1S/C12H23N4/c1-11-7-12(9-13-8-11)10-16(6,14(2)3)15(4)5/h7-9H,10H2,1-6H3/q+1. The van der Waals surface area contributed by atoms with Crippen LogP contribution in [0.15, 0.2) is 18.5 Å². The number of aryl methyl sites for hydroxylation is 1. The van der Waals surface area contributed by atoms with Crippen molar-refractivity contribution in [2.45, 2.75) is 13.5 Å². The zero-order chi connectivity index (χ0) is 12.3. The van der Waals surface area contributed by atoms with Gasteiger partial charge in [0.25, 0.3) is 0 Å². The van der Waals surface area contributed by atoms with Crippen molar-refractivity contribution >= 4 is 0 Å².